The molecule has 0 amide bonds. The molecule has 0 aromatic heterocycles. The van der Waals surface area contributed by atoms with Crippen LogP contribution in [-0.4, -0.2) is 20.0 Å². The first-order chi connectivity index (χ1) is 11.8. The van der Waals surface area contributed by atoms with Crippen molar-refractivity contribution in [1.29, 1.82) is 10.7 Å². The van der Waals surface area contributed by atoms with Crippen LogP contribution < -0.4 is 15.9 Å². The van der Waals surface area contributed by atoms with E-state index in [2.05, 4.69) is 15.2 Å². The Balaban J connectivity index is 2.16. The maximum atomic E-state index is 12.3. The van der Waals surface area contributed by atoms with Gasteiger partial charge in [-0.15, -0.1) is 0 Å². The highest BCUT2D eigenvalue weighted by Crippen LogP contribution is 2.20. The van der Waals surface area contributed by atoms with E-state index in [0.717, 1.165) is 0 Å². The van der Waals surface area contributed by atoms with Gasteiger partial charge in [-0.3, -0.25) is 15.6 Å². The summed E-state index contributed by atoms with van der Waals surface area (Å²) in [5, 5.41) is 20.0. The van der Waals surface area contributed by atoms with Gasteiger partial charge in [0.25, 0.3) is 10.0 Å². The van der Waals surface area contributed by atoms with Gasteiger partial charge in [0.1, 0.15) is 6.07 Å². The lowest BCUT2D eigenvalue weighted by molar-refractivity contribution is 0.601. The van der Waals surface area contributed by atoms with Crippen molar-refractivity contribution in [2.45, 2.75) is 4.90 Å². The molecule has 0 aliphatic heterocycles. The Morgan fingerprint density at radius 1 is 1.20 bits per heavy atom. The van der Waals surface area contributed by atoms with E-state index < -0.39 is 15.9 Å². The van der Waals surface area contributed by atoms with Crippen LogP contribution in [0.5, 0.6) is 0 Å². The van der Waals surface area contributed by atoms with Crippen molar-refractivity contribution >= 4 is 44.5 Å². The summed E-state index contributed by atoms with van der Waals surface area (Å²) in [4.78, 5) is 0.0362. The molecule has 0 unspecified atom stereocenters. The van der Waals surface area contributed by atoms with Crippen molar-refractivity contribution in [3.63, 3.8) is 0 Å². The molecule has 0 heterocycles. The molecule has 2 aromatic rings. The zero-order valence-corrected chi connectivity index (χ0v) is 14.3. The Labute approximate surface area is 149 Å². The Bertz CT molecular complexity index is 964. The number of nitrogens with zero attached hydrogens (tertiary/aromatic N) is 2. The SMILES string of the molecule is N#C/C(=N\Nc1ccc(S(=O)(=O)Nc2cccc(Cl)c2)cc1)C(=N)N. The summed E-state index contributed by atoms with van der Waals surface area (Å²) in [6, 6.07) is 13.7. The Morgan fingerprint density at radius 3 is 2.44 bits per heavy atom. The van der Waals surface area contributed by atoms with Crippen molar-refractivity contribution in [3.05, 3.63) is 53.6 Å². The molecule has 0 saturated heterocycles. The molecule has 0 radical (unpaired) electrons. The van der Waals surface area contributed by atoms with Crippen LogP contribution in [0.2, 0.25) is 5.02 Å². The van der Waals surface area contributed by atoms with Gasteiger partial charge in [0.15, 0.2) is 5.84 Å². The second-order valence-electron chi connectivity index (χ2n) is 4.74. The van der Waals surface area contributed by atoms with E-state index in [-0.39, 0.29) is 10.6 Å². The fourth-order valence-corrected chi connectivity index (χ4v) is 2.98. The first kappa shape index (κ1) is 18.3. The van der Waals surface area contributed by atoms with E-state index in [0.29, 0.717) is 16.4 Å². The highest BCUT2D eigenvalue weighted by molar-refractivity contribution is 7.92. The van der Waals surface area contributed by atoms with E-state index in [9.17, 15) is 8.42 Å². The molecule has 8 nitrogen and oxygen atoms in total. The quantitative estimate of drug-likeness (QED) is 0.347. The van der Waals surface area contributed by atoms with Crippen molar-refractivity contribution in [1.82, 2.24) is 0 Å². The molecule has 0 fully saturated rings. The number of rotatable bonds is 6. The summed E-state index contributed by atoms with van der Waals surface area (Å²) in [7, 11) is -3.77. The van der Waals surface area contributed by atoms with E-state index in [1.165, 1.54) is 30.3 Å². The average Bonchev–Trinajstić information content (AvgIpc) is 2.55. The van der Waals surface area contributed by atoms with Gasteiger partial charge >= 0.3 is 0 Å². The molecule has 5 N–H and O–H groups in total. The number of benzene rings is 2. The minimum absolute atomic E-state index is 0.0362. The number of nitriles is 1. The number of hydrazone groups is 1. The lowest BCUT2D eigenvalue weighted by Crippen LogP contribution is -2.21. The van der Waals surface area contributed by atoms with Gasteiger partial charge in [-0.25, -0.2) is 8.42 Å². The molecular weight excluding hydrogens is 364 g/mol. The van der Waals surface area contributed by atoms with Crippen LogP contribution >= 0.6 is 11.6 Å². The third-order valence-corrected chi connectivity index (χ3v) is 4.53. The molecule has 0 saturated carbocycles. The van der Waals surface area contributed by atoms with Gasteiger partial charge in [-0.1, -0.05) is 17.7 Å². The first-order valence-electron chi connectivity index (χ1n) is 6.78. The highest BCUT2D eigenvalue weighted by atomic mass is 35.5. The van der Waals surface area contributed by atoms with Gasteiger partial charge in [0.2, 0.25) is 5.71 Å². The number of amidine groups is 1. The fourth-order valence-electron chi connectivity index (χ4n) is 1.74. The van der Waals surface area contributed by atoms with Crippen molar-refractivity contribution in [3.8, 4) is 6.07 Å². The lowest BCUT2D eigenvalue weighted by Gasteiger charge is -2.09. The van der Waals surface area contributed by atoms with Crippen molar-refractivity contribution in [2.75, 3.05) is 10.1 Å². The van der Waals surface area contributed by atoms with Gasteiger partial charge < -0.3 is 5.73 Å². The molecule has 25 heavy (non-hydrogen) atoms. The molecule has 2 rings (SSSR count). The average molecular weight is 377 g/mol. The summed E-state index contributed by atoms with van der Waals surface area (Å²) in [5.74, 6) is -0.472. The topological polar surface area (TPSA) is 144 Å². The van der Waals surface area contributed by atoms with Crippen LogP contribution in [0.15, 0.2) is 58.5 Å². The number of halogens is 1. The Morgan fingerprint density at radius 2 is 1.88 bits per heavy atom. The van der Waals surface area contributed by atoms with Crippen LogP contribution in [0, 0.1) is 16.7 Å². The van der Waals surface area contributed by atoms with E-state index in [1.54, 1.807) is 24.3 Å². The summed E-state index contributed by atoms with van der Waals surface area (Å²) < 4.78 is 27.1. The Hall–Kier alpha value is -3.09. The van der Waals surface area contributed by atoms with E-state index >= 15 is 0 Å². The van der Waals surface area contributed by atoms with Crippen LogP contribution in [0.1, 0.15) is 0 Å². The summed E-state index contributed by atoms with van der Waals surface area (Å²) in [5.41, 5.74) is 8.19. The molecule has 2 aromatic carbocycles. The molecule has 0 aliphatic carbocycles. The summed E-state index contributed by atoms with van der Waals surface area (Å²) in [6.45, 7) is 0. The number of hydrogen-bond donors (Lipinski definition) is 4. The number of anilines is 2. The normalized spacial score (nSPS) is 11.4. The molecule has 128 valence electrons. The smallest absolute Gasteiger partial charge is 0.261 e. The highest BCUT2D eigenvalue weighted by Gasteiger charge is 2.14. The minimum atomic E-state index is -3.77. The maximum Gasteiger partial charge on any atom is 0.261 e. The molecule has 0 aliphatic rings. The number of sulfonamides is 1. The van der Waals surface area contributed by atoms with Crippen LogP contribution in [0.3, 0.4) is 0 Å². The molecule has 0 spiro atoms. The second kappa shape index (κ2) is 7.65. The van der Waals surface area contributed by atoms with Gasteiger partial charge in [0.05, 0.1) is 16.3 Å². The van der Waals surface area contributed by atoms with E-state index in [1.807, 2.05) is 0 Å². The standard InChI is InChI=1S/C15H13ClN6O2S/c16-10-2-1-3-12(8-10)22-25(23,24)13-6-4-11(5-7-13)20-21-14(9-17)15(18)19/h1-8,20,22H,(H3,18,19)/b21-14+. The third-order valence-electron chi connectivity index (χ3n) is 2.90. The number of nitrogens with one attached hydrogen (secondary N) is 3. The predicted octanol–water partition coefficient (Wildman–Crippen LogP) is 2.37. The Kier molecular flexibility index (Phi) is 5.59. The third kappa shape index (κ3) is 4.94. The van der Waals surface area contributed by atoms with Crippen LogP contribution in [0.4, 0.5) is 11.4 Å². The second-order valence-corrected chi connectivity index (χ2v) is 6.86. The van der Waals surface area contributed by atoms with Gasteiger partial charge in [0, 0.05) is 5.02 Å². The number of nitrogens with two attached hydrogens (primary N) is 1. The van der Waals surface area contributed by atoms with Crippen LogP contribution in [0.25, 0.3) is 0 Å². The van der Waals surface area contributed by atoms with Gasteiger partial charge in [-0.2, -0.15) is 10.4 Å². The zero-order valence-electron chi connectivity index (χ0n) is 12.7. The maximum absolute atomic E-state index is 12.3. The molecular formula is C15H13ClN6O2S. The molecule has 0 atom stereocenters. The first-order valence-corrected chi connectivity index (χ1v) is 8.64. The number of hydrogen-bond acceptors (Lipinski definition) is 6. The largest absolute Gasteiger partial charge is 0.382 e. The van der Waals surface area contributed by atoms with E-state index in [4.69, 9.17) is 28.0 Å². The summed E-state index contributed by atoms with van der Waals surface area (Å²) >= 11 is 5.83. The van der Waals surface area contributed by atoms with Crippen molar-refractivity contribution in [2.24, 2.45) is 10.8 Å². The van der Waals surface area contributed by atoms with Crippen LogP contribution in [-0.2, 0) is 10.0 Å². The summed E-state index contributed by atoms with van der Waals surface area (Å²) in [6.07, 6.45) is 0. The molecule has 10 heteroatoms. The zero-order chi connectivity index (χ0) is 18.4. The molecule has 0 bridgehead atoms. The van der Waals surface area contributed by atoms with Gasteiger partial charge in [-0.05, 0) is 42.5 Å². The lowest BCUT2D eigenvalue weighted by atomic mass is 10.3. The monoisotopic (exact) mass is 376 g/mol. The minimum Gasteiger partial charge on any atom is -0.382 e. The fraction of sp³-hybridized carbons (Fsp3) is 0. The van der Waals surface area contributed by atoms with Crippen molar-refractivity contribution < 1.29 is 8.42 Å². The predicted molar refractivity (Wildman–Crippen MR) is 97.3 cm³/mol.